The first-order chi connectivity index (χ1) is 7.15. The number of hydrogen-bond donors (Lipinski definition) is 1. The number of fused-ring (bicyclic) bond motifs is 1. The molecule has 0 atom stereocenters. The zero-order chi connectivity index (χ0) is 11.0. The van der Waals surface area contributed by atoms with Crippen LogP contribution in [-0.2, 0) is 0 Å². The van der Waals surface area contributed by atoms with Gasteiger partial charge in [0.2, 0.25) is 5.43 Å². The molecule has 0 radical (unpaired) electrons. The highest BCUT2D eigenvalue weighted by Crippen LogP contribution is 2.28. The fourth-order valence-electron chi connectivity index (χ4n) is 1.42. The third-order valence-corrected chi connectivity index (χ3v) is 3.03. The first kappa shape index (κ1) is 10.5. The van der Waals surface area contributed by atoms with Gasteiger partial charge in [-0.15, -0.1) is 0 Å². The Morgan fingerprint density at radius 3 is 2.87 bits per heavy atom. The first-order valence-electron chi connectivity index (χ1n) is 4.18. The summed E-state index contributed by atoms with van der Waals surface area (Å²) in [5.74, 6) is 0.511. The number of benzene rings is 1. The van der Waals surface area contributed by atoms with Crippen LogP contribution in [0.2, 0.25) is 5.02 Å². The molecule has 0 aliphatic carbocycles. The summed E-state index contributed by atoms with van der Waals surface area (Å²) < 4.78 is 5.57. The number of pyridine rings is 1. The Labute approximate surface area is 99.1 Å². The SMILES string of the molecule is COc1ccc(Cl)c2[nH]cc(Br)c(=O)c12. The Balaban J connectivity index is 3.02. The molecule has 1 aromatic carbocycles. The standard InChI is InChI=1S/C10H7BrClNO2/c1-15-7-3-2-6(12)9-8(7)10(14)5(11)4-13-9/h2-4H,1H3,(H,13,14). The van der Waals surface area contributed by atoms with Crippen LogP contribution in [0.3, 0.4) is 0 Å². The van der Waals surface area contributed by atoms with Crippen molar-refractivity contribution >= 4 is 38.4 Å². The molecular formula is C10H7BrClNO2. The maximum Gasteiger partial charge on any atom is 0.207 e. The van der Waals surface area contributed by atoms with Gasteiger partial charge in [-0.25, -0.2) is 0 Å². The van der Waals surface area contributed by atoms with Gasteiger partial charge in [-0.1, -0.05) is 11.6 Å². The minimum Gasteiger partial charge on any atom is -0.496 e. The molecular weight excluding hydrogens is 281 g/mol. The second kappa shape index (κ2) is 3.87. The van der Waals surface area contributed by atoms with Gasteiger partial charge in [0, 0.05) is 6.20 Å². The van der Waals surface area contributed by atoms with E-state index in [1.807, 2.05) is 0 Å². The number of nitrogens with one attached hydrogen (secondary N) is 1. The summed E-state index contributed by atoms with van der Waals surface area (Å²) in [4.78, 5) is 14.8. The number of ether oxygens (including phenoxy) is 1. The number of hydrogen-bond acceptors (Lipinski definition) is 2. The van der Waals surface area contributed by atoms with Gasteiger partial charge in [0.25, 0.3) is 0 Å². The highest BCUT2D eigenvalue weighted by Gasteiger charge is 2.10. The normalized spacial score (nSPS) is 10.6. The molecule has 0 fully saturated rings. The van der Waals surface area contributed by atoms with Crippen molar-refractivity contribution in [3.05, 3.63) is 38.0 Å². The fourth-order valence-corrected chi connectivity index (χ4v) is 1.94. The lowest BCUT2D eigenvalue weighted by Crippen LogP contribution is -2.05. The minimum absolute atomic E-state index is 0.136. The molecule has 0 aliphatic heterocycles. The Hall–Kier alpha value is -1.00. The van der Waals surface area contributed by atoms with Crippen molar-refractivity contribution in [3.8, 4) is 5.75 Å². The molecule has 15 heavy (non-hydrogen) atoms. The molecule has 0 bridgehead atoms. The van der Waals surface area contributed by atoms with Gasteiger partial charge in [0.05, 0.1) is 27.5 Å². The molecule has 1 N–H and O–H groups in total. The van der Waals surface area contributed by atoms with Crippen LogP contribution in [0.5, 0.6) is 5.75 Å². The zero-order valence-electron chi connectivity index (χ0n) is 7.80. The number of H-pyrrole nitrogens is 1. The lowest BCUT2D eigenvalue weighted by atomic mass is 10.2. The molecule has 0 amide bonds. The Bertz CT molecular complexity index is 579. The highest BCUT2D eigenvalue weighted by atomic mass is 79.9. The molecule has 2 rings (SSSR count). The summed E-state index contributed by atoms with van der Waals surface area (Å²) in [5, 5.41) is 0.953. The number of rotatable bonds is 1. The Morgan fingerprint density at radius 1 is 1.47 bits per heavy atom. The number of aromatic nitrogens is 1. The van der Waals surface area contributed by atoms with E-state index in [-0.39, 0.29) is 5.43 Å². The minimum atomic E-state index is -0.136. The number of halogens is 2. The zero-order valence-corrected chi connectivity index (χ0v) is 10.1. The fraction of sp³-hybridized carbons (Fsp3) is 0.100. The molecule has 1 aromatic heterocycles. The second-order valence-corrected chi connectivity index (χ2v) is 4.23. The lowest BCUT2D eigenvalue weighted by Gasteiger charge is -2.06. The average molecular weight is 289 g/mol. The van der Waals surface area contributed by atoms with Gasteiger partial charge in [0.15, 0.2) is 0 Å². The smallest absolute Gasteiger partial charge is 0.207 e. The summed E-state index contributed by atoms with van der Waals surface area (Å²) in [6.07, 6.45) is 1.57. The largest absolute Gasteiger partial charge is 0.496 e. The summed E-state index contributed by atoms with van der Waals surface area (Å²) in [5.41, 5.74) is 0.451. The van der Waals surface area contributed by atoms with Crippen LogP contribution in [0, 0.1) is 0 Å². The quantitative estimate of drug-likeness (QED) is 0.876. The summed E-state index contributed by atoms with van der Waals surface area (Å²) in [7, 11) is 1.52. The maximum absolute atomic E-state index is 11.9. The van der Waals surface area contributed by atoms with Crippen LogP contribution in [-0.4, -0.2) is 12.1 Å². The van der Waals surface area contributed by atoms with E-state index in [0.717, 1.165) is 0 Å². The maximum atomic E-state index is 11.9. The molecule has 0 aliphatic rings. The highest BCUT2D eigenvalue weighted by molar-refractivity contribution is 9.10. The molecule has 78 valence electrons. The van der Waals surface area contributed by atoms with Crippen LogP contribution in [0.15, 0.2) is 27.6 Å². The van der Waals surface area contributed by atoms with E-state index in [2.05, 4.69) is 20.9 Å². The van der Waals surface area contributed by atoms with E-state index in [1.165, 1.54) is 7.11 Å². The van der Waals surface area contributed by atoms with Gasteiger partial charge in [0.1, 0.15) is 5.75 Å². The van der Waals surface area contributed by atoms with Crippen molar-refractivity contribution in [1.82, 2.24) is 4.98 Å². The molecule has 2 aromatic rings. The predicted octanol–water partition coefficient (Wildman–Crippen LogP) is 2.95. The predicted molar refractivity (Wildman–Crippen MR) is 63.8 cm³/mol. The third-order valence-electron chi connectivity index (χ3n) is 2.12. The first-order valence-corrected chi connectivity index (χ1v) is 5.35. The summed E-state index contributed by atoms with van der Waals surface area (Å²) in [6.45, 7) is 0. The van der Waals surface area contributed by atoms with Gasteiger partial charge in [-0.3, -0.25) is 4.79 Å². The lowest BCUT2D eigenvalue weighted by molar-refractivity contribution is 0.419. The van der Waals surface area contributed by atoms with Crippen LogP contribution in [0.1, 0.15) is 0 Å². The topological polar surface area (TPSA) is 42.1 Å². The third kappa shape index (κ3) is 1.64. The summed E-state index contributed by atoms with van der Waals surface area (Å²) in [6, 6.07) is 3.36. The molecule has 3 nitrogen and oxygen atoms in total. The number of methoxy groups -OCH3 is 1. The van der Waals surface area contributed by atoms with Crippen LogP contribution >= 0.6 is 27.5 Å². The molecule has 0 unspecified atom stereocenters. The van der Waals surface area contributed by atoms with E-state index in [4.69, 9.17) is 16.3 Å². The van der Waals surface area contributed by atoms with E-state index in [0.29, 0.717) is 26.1 Å². The van der Waals surface area contributed by atoms with Gasteiger partial charge < -0.3 is 9.72 Å². The van der Waals surface area contributed by atoms with E-state index >= 15 is 0 Å². The Kier molecular flexibility index (Phi) is 2.71. The molecule has 0 saturated heterocycles. The Morgan fingerprint density at radius 2 is 2.20 bits per heavy atom. The van der Waals surface area contributed by atoms with Gasteiger partial charge in [-0.05, 0) is 28.1 Å². The van der Waals surface area contributed by atoms with Crippen LogP contribution in [0.25, 0.3) is 10.9 Å². The monoisotopic (exact) mass is 287 g/mol. The molecule has 0 spiro atoms. The van der Waals surface area contributed by atoms with Crippen molar-refractivity contribution < 1.29 is 4.74 Å². The van der Waals surface area contributed by atoms with Crippen molar-refractivity contribution in [2.75, 3.05) is 7.11 Å². The van der Waals surface area contributed by atoms with E-state index in [9.17, 15) is 4.79 Å². The van der Waals surface area contributed by atoms with Crippen LogP contribution in [0.4, 0.5) is 0 Å². The van der Waals surface area contributed by atoms with E-state index < -0.39 is 0 Å². The van der Waals surface area contributed by atoms with Crippen molar-refractivity contribution in [1.29, 1.82) is 0 Å². The van der Waals surface area contributed by atoms with Crippen molar-refractivity contribution in [2.24, 2.45) is 0 Å². The van der Waals surface area contributed by atoms with Crippen LogP contribution < -0.4 is 10.2 Å². The molecule has 1 heterocycles. The van der Waals surface area contributed by atoms with Crippen molar-refractivity contribution in [2.45, 2.75) is 0 Å². The average Bonchev–Trinajstić information content (AvgIpc) is 2.24. The molecule has 0 saturated carbocycles. The molecule has 5 heteroatoms. The van der Waals surface area contributed by atoms with Gasteiger partial charge in [-0.2, -0.15) is 0 Å². The number of aromatic amines is 1. The van der Waals surface area contributed by atoms with Crippen molar-refractivity contribution in [3.63, 3.8) is 0 Å². The summed E-state index contributed by atoms with van der Waals surface area (Å²) >= 11 is 9.13. The van der Waals surface area contributed by atoms with E-state index in [1.54, 1.807) is 18.3 Å². The van der Waals surface area contributed by atoms with Gasteiger partial charge >= 0.3 is 0 Å². The second-order valence-electron chi connectivity index (χ2n) is 2.97.